The van der Waals surface area contributed by atoms with Crippen LogP contribution in [0.15, 0.2) is 18.2 Å². The van der Waals surface area contributed by atoms with Crippen molar-refractivity contribution in [2.75, 3.05) is 39.2 Å². The van der Waals surface area contributed by atoms with Gasteiger partial charge in [-0.1, -0.05) is 5.21 Å². The topological polar surface area (TPSA) is 116 Å². The van der Waals surface area contributed by atoms with Crippen molar-refractivity contribution < 1.29 is 14.3 Å². The van der Waals surface area contributed by atoms with Crippen molar-refractivity contribution in [3.63, 3.8) is 0 Å². The van der Waals surface area contributed by atoms with E-state index in [0.717, 1.165) is 17.9 Å². The lowest BCUT2D eigenvalue weighted by Crippen LogP contribution is -2.44. The number of anilines is 1. The van der Waals surface area contributed by atoms with Gasteiger partial charge in [-0.25, -0.2) is 0 Å². The normalized spacial score (nSPS) is 15.5. The Hall–Kier alpha value is -3.17. The summed E-state index contributed by atoms with van der Waals surface area (Å²) in [4.78, 5) is 28.0. The molecule has 10 heteroatoms. The summed E-state index contributed by atoms with van der Waals surface area (Å²) in [5.74, 6) is 1.24. The largest absolute Gasteiger partial charge is 0.489 e. The molecule has 1 aliphatic heterocycles. The molecule has 0 saturated carbocycles. The molecule has 0 fully saturated rings. The summed E-state index contributed by atoms with van der Waals surface area (Å²) in [7, 11) is 5.35. The van der Waals surface area contributed by atoms with Gasteiger partial charge in [-0.2, -0.15) is 5.21 Å². The number of aromatic nitrogens is 4. The van der Waals surface area contributed by atoms with Crippen LogP contribution in [-0.4, -0.2) is 77.7 Å². The second kappa shape index (κ2) is 8.68. The smallest absolute Gasteiger partial charge is 0.253 e. The minimum atomic E-state index is -0.102. The van der Waals surface area contributed by atoms with E-state index < -0.39 is 0 Å². The Kier molecular flexibility index (Phi) is 6.07. The summed E-state index contributed by atoms with van der Waals surface area (Å²) in [5.41, 5.74) is 1.40. The van der Waals surface area contributed by atoms with Crippen LogP contribution in [0.2, 0.25) is 0 Å². The number of carbonyl (C=O) groups excluding carboxylic acids is 2. The average Bonchev–Trinajstić information content (AvgIpc) is 3.20. The fourth-order valence-electron chi connectivity index (χ4n) is 3.05. The molecule has 2 heterocycles. The number of likely N-dealkylation sites (N-methyl/N-ethyl adjacent to an activating group) is 1. The summed E-state index contributed by atoms with van der Waals surface area (Å²) in [6, 6.07) is 5.27. The van der Waals surface area contributed by atoms with Crippen LogP contribution in [0, 0.1) is 0 Å². The number of tetrazole rings is 1. The Morgan fingerprint density at radius 2 is 2.21 bits per heavy atom. The van der Waals surface area contributed by atoms with Crippen molar-refractivity contribution in [2.24, 2.45) is 0 Å². The molecule has 2 aromatic rings. The minimum Gasteiger partial charge on any atom is -0.489 e. The fraction of sp³-hybridized carbons (Fsp3) is 0.500. The number of carbonyl (C=O) groups is 2. The Bertz CT molecular complexity index is 823. The number of ether oxygens (including phenoxy) is 1. The van der Waals surface area contributed by atoms with Gasteiger partial charge in [-0.05, 0) is 24.6 Å². The number of amides is 2. The van der Waals surface area contributed by atoms with Gasteiger partial charge in [-0.3, -0.25) is 9.59 Å². The summed E-state index contributed by atoms with van der Waals surface area (Å²) in [6.45, 7) is 0.962. The van der Waals surface area contributed by atoms with E-state index in [1.165, 1.54) is 4.90 Å². The monoisotopic (exact) mass is 387 g/mol. The molecule has 28 heavy (non-hydrogen) atoms. The highest BCUT2D eigenvalue weighted by Gasteiger charge is 2.27. The van der Waals surface area contributed by atoms with Gasteiger partial charge < -0.3 is 19.9 Å². The Morgan fingerprint density at radius 3 is 2.93 bits per heavy atom. The zero-order valence-corrected chi connectivity index (χ0v) is 16.3. The Balaban J connectivity index is 1.54. The number of rotatable bonds is 7. The van der Waals surface area contributed by atoms with E-state index >= 15 is 0 Å². The number of H-pyrrole nitrogens is 1. The van der Waals surface area contributed by atoms with E-state index in [1.54, 1.807) is 26.2 Å². The maximum absolute atomic E-state index is 12.3. The van der Waals surface area contributed by atoms with E-state index in [1.807, 2.05) is 18.0 Å². The molecule has 10 nitrogen and oxygen atoms in total. The third-order valence-corrected chi connectivity index (χ3v) is 4.68. The van der Waals surface area contributed by atoms with Crippen molar-refractivity contribution in [3.8, 4) is 5.75 Å². The fourth-order valence-corrected chi connectivity index (χ4v) is 3.05. The number of nitrogens with one attached hydrogen (secondary N) is 2. The lowest BCUT2D eigenvalue weighted by atomic mass is 10.1. The number of hydrogen-bond donors (Lipinski definition) is 2. The second-order valence-corrected chi connectivity index (χ2v) is 6.94. The Labute approximate surface area is 163 Å². The molecule has 0 spiro atoms. The first-order valence-corrected chi connectivity index (χ1v) is 9.16. The molecule has 0 aliphatic carbocycles. The molecule has 0 bridgehead atoms. The number of benzene rings is 1. The number of hydrogen-bond acceptors (Lipinski definition) is 7. The third-order valence-electron chi connectivity index (χ3n) is 4.68. The third kappa shape index (κ3) is 4.56. The van der Waals surface area contributed by atoms with Gasteiger partial charge in [0.2, 0.25) is 5.91 Å². The molecule has 2 N–H and O–H groups in total. The zero-order chi connectivity index (χ0) is 20.1. The quantitative estimate of drug-likeness (QED) is 0.654. The van der Waals surface area contributed by atoms with Crippen LogP contribution in [0.4, 0.5) is 5.69 Å². The van der Waals surface area contributed by atoms with Gasteiger partial charge in [0, 0.05) is 39.7 Å². The summed E-state index contributed by atoms with van der Waals surface area (Å²) < 4.78 is 5.80. The number of nitrogens with zero attached hydrogens (tertiary/aromatic N) is 5. The standard InChI is InChI=1S/C18H25N7O3/c1-24(2)18(27)12-6-7-15-14(9-12)25(3)13(11-28-15)10-17(26)19-8-4-5-16-20-22-23-21-16/h6-7,9,13H,4-5,8,10-11H2,1-3H3,(H,19,26)(H,20,21,22,23). The molecule has 1 unspecified atom stereocenters. The van der Waals surface area contributed by atoms with Gasteiger partial charge in [0.1, 0.15) is 12.4 Å². The maximum atomic E-state index is 12.3. The van der Waals surface area contributed by atoms with Crippen molar-refractivity contribution in [2.45, 2.75) is 25.3 Å². The van der Waals surface area contributed by atoms with E-state index in [2.05, 4.69) is 25.9 Å². The number of aryl methyl sites for hydroxylation is 1. The molecule has 0 saturated heterocycles. The first kappa shape index (κ1) is 19.6. The molecule has 1 aliphatic rings. The molecule has 1 atom stereocenters. The van der Waals surface area contributed by atoms with Crippen LogP contribution < -0.4 is 15.0 Å². The molecule has 0 radical (unpaired) electrons. The van der Waals surface area contributed by atoms with Gasteiger partial charge in [-0.15, -0.1) is 10.2 Å². The predicted molar refractivity (Wildman–Crippen MR) is 102 cm³/mol. The first-order chi connectivity index (χ1) is 13.5. The van der Waals surface area contributed by atoms with Crippen LogP contribution in [0.25, 0.3) is 0 Å². The summed E-state index contributed by atoms with van der Waals surface area (Å²) in [5, 5.41) is 16.6. The van der Waals surface area contributed by atoms with Crippen molar-refractivity contribution in [3.05, 3.63) is 29.6 Å². The molecule has 1 aromatic heterocycles. The van der Waals surface area contributed by atoms with Gasteiger partial charge in [0.25, 0.3) is 5.91 Å². The van der Waals surface area contributed by atoms with Crippen LogP contribution >= 0.6 is 0 Å². The maximum Gasteiger partial charge on any atom is 0.253 e. The van der Waals surface area contributed by atoms with Crippen LogP contribution in [0.1, 0.15) is 29.0 Å². The average molecular weight is 387 g/mol. The second-order valence-electron chi connectivity index (χ2n) is 6.94. The van der Waals surface area contributed by atoms with Gasteiger partial charge in [0.15, 0.2) is 5.82 Å². The molecule has 150 valence electrons. The zero-order valence-electron chi connectivity index (χ0n) is 16.3. The van der Waals surface area contributed by atoms with E-state index in [0.29, 0.717) is 37.4 Å². The highest BCUT2D eigenvalue weighted by Crippen LogP contribution is 2.34. The van der Waals surface area contributed by atoms with Crippen LogP contribution in [0.5, 0.6) is 5.75 Å². The van der Waals surface area contributed by atoms with E-state index in [9.17, 15) is 9.59 Å². The van der Waals surface area contributed by atoms with Crippen molar-refractivity contribution in [1.82, 2.24) is 30.8 Å². The highest BCUT2D eigenvalue weighted by molar-refractivity contribution is 5.95. The minimum absolute atomic E-state index is 0.0439. The van der Waals surface area contributed by atoms with Gasteiger partial charge in [0.05, 0.1) is 18.2 Å². The lowest BCUT2D eigenvalue weighted by Gasteiger charge is -2.35. The molecule has 3 rings (SSSR count). The van der Waals surface area contributed by atoms with E-state index in [-0.39, 0.29) is 17.9 Å². The molecular formula is C18H25N7O3. The summed E-state index contributed by atoms with van der Waals surface area (Å²) >= 11 is 0. The molecule has 1 aromatic carbocycles. The number of fused-ring (bicyclic) bond motifs is 1. The molecule has 2 amide bonds. The Morgan fingerprint density at radius 1 is 1.39 bits per heavy atom. The van der Waals surface area contributed by atoms with Crippen molar-refractivity contribution >= 4 is 17.5 Å². The van der Waals surface area contributed by atoms with Crippen molar-refractivity contribution in [1.29, 1.82) is 0 Å². The van der Waals surface area contributed by atoms with E-state index in [4.69, 9.17) is 4.74 Å². The van der Waals surface area contributed by atoms with Gasteiger partial charge >= 0.3 is 0 Å². The summed E-state index contributed by atoms with van der Waals surface area (Å²) in [6.07, 6.45) is 1.70. The molecular weight excluding hydrogens is 362 g/mol. The SMILES string of the molecule is CN(C)C(=O)c1ccc2c(c1)N(C)C(CC(=O)NCCCc1nn[nH]n1)CO2. The number of aromatic amines is 1. The van der Waals surface area contributed by atoms with Crippen LogP contribution in [0.3, 0.4) is 0 Å². The lowest BCUT2D eigenvalue weighted by molar-refractivity contribution is -0.121. The highest BCUT2D eigenvalue weighted by atomic mass is 16.5. The predicted octanol–water partition coefficient (Wildman–Crippen LogP) is 0.238. The first-order valence-electron chi connectivity index (χ1n) is 9.16. The van der Waals surface area contributed by atoms with Crippen LogP contribution in [-0.2, 0) is 11.2 Å².